The van der Waals surface area contributed by atoms with Gasteiger partial charge in [0.25, 0.3) is 0 Å². The molecule has 2 rings (SSSR count). The first-order valence-electron chi connectivity index (χ1n) is 7.15. The number of primary amides is 1. The van der Waals surface area contributed by atoms with E-state index in [0.29, 0.717) is 17.6 Å². The predicted octanol–water partition coefficient (Wildman–Crippen LogP) is 1.42. The highest BCUT2D eigenvalue weighted by Crippen LogP contribution is 2.31. The number of nitrogens with two attached hydrogens (primary N) is 2. The van der Waals surface area contributed by atoms with Gasteiger partial charge in [-0.05, 0) is 39.7 Å². The number of rotatable bonds is 3. The number of amides is 1. The first-order chi connectivity index (χ1) is 9.81. The van der Waals surface area contributed by atoms with Crippen molar-refractivity contribution in [1.29, 1.82) is 0 Å². The molecular formula is C15H22N4OS. The van der Waals surface area contributed by atoms with Crippen molar-refractivity contribution >= 4 is 28.8 Å². The molecule has 2 atom stereocenters. The number of aromatic nitrogens is 1. The van der Waals surface area contributed by atoms with Crippen molar-refractivity contribution < 1.29 is 4.79 Å². The van der Waals surface area contributed by atoms with Crippen LogP contribution < -0.4 is 16.4 Å². The normalized spacial score (nSPS) is 22.1. The fraction of sp³-hybridized carbons (Fsp3) is 0.533. The second-order valence-corrected chi connectivity index (χ2v) is 6.23. The van der Waals surface area contributed by atoms with Gasteiger partial charge in [0, 0.05) is 24.0 Å². The molecule has 0 radical (unpaired) electrons. The smallest absolute Gasteiger partial charge is 0.222 e. The third kappa shape index (κ3) is 3.15. The molecule has 1 fully saturated rings. The Hall–Kier alpha value is -1.69. The summed E-state index contributed by atoms with van der Waals surface area (Å²) >= 11 is 5.19. The van der Waals surface area contributed by atoms with E-state index >= 15 is 0 Å². The van der Waals surface area contributed by atoms with E-state index in [-0.39, 0.29) is 11.8 Å². The van der Waals surface area contributed by atoms with Crippen molar-refractivity contribution in [3.05, 3.63) is 23.0 Å². The van der Waals surface area contributed by atoms with Gasteiger partial charge in [0.15, 0.2) is 0 Å². The molecule has 0 aliphatic carbocycles. The lowest BCUT2D eigenvalue weighted by molar-refractivity contribution is -0.122. The van der Waals surface area contributed by atoms with E-state index < -0.39 is 0 Å². The van der Waals surface area contributed by atoms with Crippen LogP contribution in [0.5, 0.6) is 0 Å². The molecule has 1 amide bonds. The number of carbonyl (C=O) groups is 1. The SMILES string of the molecule is Cc1cc(N2CC(C(N)=O)CCC2C)c(C(N)=S)c(C)n1. The molecule has 6 heteroatoms. The molecule has 2 unspecified atom stereocenters. The number of aryl methyl sites for hydroxylation is 2. The predicted molar refractivity (Wildman–Crippen MR) is 88.3 cm³/mol. The number of thiocarbonyl (C=S) groups is 1. The largest absolute Gasteiger partial charge is 0.389 e. The van der Waals surface area contributed by atoms with Gasteiger partial charge in [-0.15, -0.1) is 0 Å². The van der Waals surface area contributed by atoms with Crippen LogP contribution in [0.4, 0.5) is 5.69 Å². The summed E-state index contributed by atoms with van der Waals surface area (Å²) in [4.78, 5) is 18.5. The van der Waals surface area contributed by atoms with Crippen LogP contribution in [0.3, 0.4) is 0 Å². The standard InChI is InChI=1S/C15H22N4OS/c1-8-6-12(13(15(17)21)10(3)18-8)19-7-11(14(16)20)5-4-9(19)2/h6,9,11H,4-5,7H2,1-3H3,(H2,16,20)(H2,17,21). The van der Waals surface area contributed by atoms with E-state index in [1.54, 1.807) is 0 Å². The molecule has 1 aliphatic heterocycles. The number of hydrogen-bond donors (Lipinski definition) is 2. The molecule has 2 heterocycles. The highest BCUT2D eigenvalue weighted by molar-refractivity contribution is 7.80. The summed E-state index contributed by atoms with van der Waals surface area (Å²) in [5.41, 5.74) is 14.9. The maximum atomic E-state index is 11.5. The zero-order chi connectivity index (χ0) is 15.7. The van der Waals surface area contributed by atoms with Crippen molar-refractivity contribution in [3.8, 4) is 0 Å². The van der Waals surface area contributed by atoms with Crippen LogP contribution in [0.25, 0.3) is 0 Å². The topological polar surface area (TPSA) is 85.2 Å². The lowest BCUT2D eigenvalue weighted by Crippen LogP contribution is -2.46. The maximum Gasteiger partial charge on any atom is 0.222 e. The van der Waals surface area contributed by atoms with Crippen molar-refractivity contribution in [2.75, 3.05) is 11.4 Å². The Morgan fingerprint density at radius 2 is 2.05 bits per heavy atom. The molecule has 21 heavy (non-hydrogen) atoms. The maximum absolute atomic E-state index is 11.5. The van der Waals surface area contributed by atoms with E-state index in [2.05, 4.69) is 16.8 Å². The van der Waals surface area contributed by atoms with Gasteiger partial charge in [-0.25, -0.2) is 0 Å². The molecule has 0 saturated carbocycles. The fourth-order valence-electron chi connectivity index (χ4n) is 3.01. The minimum Gasteiger partial charge on any atom is -0.389 e. The van der Waals surface area contributed by atoms with Gasteiger partial charge in [-0.1, -0.05) is 12.2 Å². The van der Waals surface area contributed by atoms with Gasteiger partial charge < -0.3 is 16.4 Å². The van der Waals surface area contributed by atoms with Gasteiger partial charge in [-0.3, -0.25) is 9.78 Å². The summed E-state index contributed by atoms with van der Waals surface area (Å²) in [5, 5.41) is 0. The first kappa shape index (κ1) is 15.7. The van der Waals surface area contributed by atoms with Crippen molar-refractivity contribution in [2.24, 2.45) is 17.4 Å². The lowest BCUT2D eigenvalue weighted by atomic mass is 9.91. The zero-order valence-electron chi connectivity index (χ0n) is 12.7. The summed E-state index contributed by atoms with van der Waals surface area (Å²) in [5.74, 6) is -0.375. The molecule has 1 aromatic heterocycles. The van der Waals surface area contributed by atoms with Gasteiger partial charge in [0.05, 0.1) is 17.2 Å². The Balaban J connectivity index is 2.48. The highest BCUT2D eigenvalue weighted by atomic mass is 32.1. The minimum absolute atomic E-state index is 0.130. The van der Waals surface area contributed by atoms with E-state index in [0.717, 1.165) is 35.5 Å². The summed E-state index contributed by atoms with van der Waals surface area (Å²) in [6.07, 6.45) is 1.75. The third-order valence-corrected chi connectivity index (χ3v) is 4.35. The van der Waals surface area contributed by atoms with Crippen LogP contribution in [0.1, 0.15) is 36.7 Å². The highest BCUT2D eigenvalue weighted by Gasteiger charge is 2.30. The molecule has 114 valence electrons. The van der Waals surface area contributed by atoms with Crippen LogP contribution in [0.15, 0.2) is 6.07 Å². The monoisotopic (exact) mass is 306 g/mol. The number of nitrogens with zero attached hydrogens (tertiary/aromatic N) is 2. The Morgan fingerprint density at radius 1 is 1.38 bits per heavy atom. The second kappa shape index (κ2) is 5.97. The quantitative estimate of drug-likeness (QED) is 0.825. The van der Waals surface area contributed by atoms with Crippen LogP contribution in [-0.2, 0) is 4.79 Å². The van der Waals surface area contributed by atoms with Crippen LogP contribution in [0.2, 0.25) is 0 Å². The summed E-state index contributed by atoms with van der Waals surface area (Å²) in [6.45, 7) is 6.60. The van der Waals surface area contributed by atoms with E-state index in [1.165, 1.54) is 0 Å². The molecule has 0 spiro atoms. The van der Waals surface area contributed by atoms with E-state index in [4.69, 9.17) is 23.7 Å². The average molecular weight is 306 g/mol. The molecule has 1 aliphatic rings. The van der Waals surface area contributed by atoms with Gasteiger partial charge in [0.2, 0.25) is 5.91 Å². The second-order valence-electron chi connectivity index (χ2n) is 5.79. The van der Waals surface area contributed by atoms with Crippen molar-refractivity contribution in [1.82, 2.24) is 4.98 Å². The summed E-state index contributed by atoms with van der Waals surface area (Å²) in [7, 11) is 0. The van der Waals surface area contributed by atoms with Crippen LogP contribution >= 0.6 is 12.2 Å². The van der Waals surface area contributed by atoms with Gasteiger partial charge >= 0.3 is 0 Å². The van der Waals surface area contributed by atoms with Crippen LogP contribution in [0, 0.1) is 19.8 Å². The number of hydrogen-bond acceptors (Lipinski definition) is 4. The first-order valence-corrected chi connectivity index (χ1v) is 7.56. The van der Waals surface area contributed by atoms with Gasteiger partial charge in [-0.2, -0.15) is 0 Å². The summed E-state index contributed by atoms with van der Waals surface area (Å²) < 4.78 is 0. The number of anilines is 1. The third-order valence-electron chi connectivity index (χ3n) is 4.15. The lowest BCUT2D eigenvalue weighted by Gasteiger charge is -2.39. The van der Waals surface area contributed by atoms with E-state index in [1.807, 2.05) is 19.9 Å². The Labute approximate surface area is 130 Å². The van der Waals surface area contributed by atoms with E-state index in [9.17, 15) is 4.79 Å². The van der Waals surface area contributed by atoms with Crippen LogP contribution in [-0.4, -0.2) is 28.5 Å². The van der Waals surface area contributed by atoms with Crippen molar-refractivity contribution in [2.45, 2.75) is 39.7 Å². The molecular weight excluding hydrogens is 284 g/mol. The Kier molecular flexibility index (Phi) is 4.46. The Morgan fingerprint density at radius 3 is 2.62 bits per heavy atom. The average Bonchev–Trinajstić information content (AvgIpc) is 2.37. The molecule has 4 N–H and O–H groups in total. The Bertz CT molecular complexity index is 587. The number of carbonyl (C=O) groups excluding carboxylic acids is 1. The molecule has 0 bridgehead atoms. The fourth-order valence-corrected chi connectivity index (χ4v) is 3.27. The number of piperidine rings is 1. The minimum atomic E-state index is -0.244. The van der Waals surface area contributed by atoms with Gasteiger partial charge in [0.1, 0.15) is 4.99 Å². The molecule has 1 saturated heterocycles. The van der Waals surface area contributed by atoms with Crippen molar-refractivity contribution in [3.63, 3.8) is 0 Å². The summed E-state index contributed by atoms with van der Waals surface area (Å²) in [6, 6.07) is 2.30. The zero-order valence-corrected chi connectivity index (χ0v) is 13.5. The molecule has 0 aromatic carbocycles. The number of pyridine rings is 1. The molecule has 1 aromatic rings. The molecule has 5 nitrogen and oxygen atoms in total.